The van der Waals surface area contributed by atoms with Gasteiger partial charge in [0.1, 0.15) is 6.26 Å². The molecule has 2 aromatic rings. The highest BCUT2D eigenvalue weighted by molar-refractivity contribution is 9.10. The summed E-state index contributed by atoms with van der Waals surface area (Å²) in [6.45, 7) is 1.72. The van der Waals surface area contributed by atoms with Crippen molar-refractivity contribution in [3.05, 3.63) is 40.6 Å². The van der Waals surface area contributed by atoms with Gasteiger partial charge in [0.2, 0.25) is 0 Å². The molecule has 2 rings (SSSR count). The molecule has 0 amide bonds. The molecule has 1 heterocycles. The van der Waals surface area contributed by atoms with Crippen molar-refractivity contribution in [1.82, 2.24) is 5.16 Å². The molecule has 0 fully saturated rings. The molecule has 90 valence electrons. The van der Waals surface area contributed by atoms with Crippen molar-refractivity contribution in [2.45, 2.75) is 11.8 Å². The van der Waals surface area contributed by atoms with Crippen LogP contribution in [0.25, 0.3) is 0 Å². The normalized spacial score (nSPS) is 11.4. The van der Waals surface area contributed by atoms with E-state index in [0.29, 0.717) is 5.56 Å². The number of anilines is 1. The molecule has 0 radical (unpaired) electrons. The molecule has 1 aromatic heterocycles. The van der Waals surface area contributed by atoms with Gasteiger partial charge in [0.05, 0.1) is 4.90 Å². The van der Waals surface area contributed by atoms with Crippen molar-refractivity contribution >= 4 is 31.8 Å². The van der Waals surface area contributed by atoms with E-state index < -0.39 is 10.0 Å². The van der Waals surface area contributed by atoms with Gasteiger partial charge in [-0.2, -0.15) is 0 Å². The zero-order valence-electron chi connectivity index (χ0n) is 8.84. The smallest absolute Gasteiger partial charge is 0.263 e. The number of nitrogens with zero attached hydrogens (tertiary/aromatic N) is 1. The predicted molar refractivity (Wildman–Crippen MR) is 66.2 cm³/mol. The van der Waals surface area contributed by atoms with E-state index >= 15 is 0 Å². The number of nitrogens with one attached hydrogen (secondary N) is 1. The van der Waals surface area contributed by atoms with E-state index in [9.17, 15) is 8.42 Å². The van der Waals surface area contributed by atoms with Crippen LogP contribution in [0.5, 0.6) is 0 Å². The van der Waals surface area contributed by atoms with Gasteiger partial charge in [0.25, 0.3) is 10.0 Å². The van der Waals surface area contributed by atoms with Crippen LogP contribution in [0.4, 0.5) is 5.82 Å². The average Bonchev–Trinajstić information content (AvgIpc) is 2.68. The van der Waals surface area contributed by atoms with Crippen LogP contribution in [0.2, 0.25) is 0 Å². The Bertz CT molecular complexity index is 623. The van der Waals surface area contributed by atoms with Crippen LogP contribution in [0.15, 0.2) is 44.4 Å². The van der Waals surface area contributed by atoms with Gasteiger partial charge >= 0.3 is 0 Å². The predicted octanol–water partition coefficient (Wildman–Crippen LogP) is 2.55. The third-order valence-electron chi connectivity index (χ3n) is 2.10. The molecule has 0 spiro atoms. The molecule has 0 unspecified atom stereocenters. The van der Waals surface area contributed by atoms with Gasteiger partial charge in [-0.3, -0.25) is 4.72 Å². The molecule has 1 aromatic carbocycles. The van der Waals surface area contributed by atoms with Crippen LogP contribution < -0.4 is 4.72 Å². The van der Waals surface area contributed by atoms with Crippen molar-refractivity contribution in [1.29, 1.82) is 0 Å². The second-order valence-electron chi connectivity index (χ2n) is 3.40. The molecule has 17 heavy (non-hydrogen) atoms. The number of rotatable bonds is 3. The van der Waals surface area contributed by atoms with Gasteiger partial charge in [-0.05, 0) is 30.7 Å². The van der Waals surface area contributed by atoms with Crippen LogP contribution >= 0.6 is 15.9 Å². The monoisotopic (exact) mass is 316 g/mol. The second-order valence-corrected chi connectivity index (χ2v) is 5.97. The highest BCUT2D eigenvalue weighted by Gasteiger charge is 2.17. The Labute approximate surface area is 107 Å². The largest absolute Gasteiger partial charge is 0.363 e. The maximum Gasteiger partial charge on any atom is 0.263 e. The summed E-state index contributed by atoms with van der Waals surface area (Å²) in [6.07, 6.45) is 1.30. The molecule has 0 bridgehead atoms. The molecular weight excluding hydrogens is 308 g/mol. The van der Waals surface area contributed by atoms with E-state index in [4.69, 9.17) is 0 Å². The fourth-order valence-corrected chi connectivity index (χ4v) is 3.07. The van der Waals surface area contributed by atoms with E-state index in [1.54, 1.807) is 19.1 Å². The number of aryl methyl sites for hydroxylation is 1. The minimum absolute atomic E-state index is 0.160. The molecule has 0 aliphatic rings. The molecule has 0 saturated heterocycles. The molecule has 0 atom stereocenters. The number of halogens is 1. The zero-order valence-corrected chi connectivity index (χ0v) is 11.2. The first-order chi connectivity index (χ1) is 7.99. The molecular formula is C10H9BrN2O3S. The second kappa shape index (κ2) is 4.50. The zero-order chi connectivity index (χ0) is 12.5. The van der Waals surface area contributed by atoms with Crippen molar-refractivity contribution in [2.75, 3.05) is 4.72 Å². The van der Waals surface area contributed by atoms with Gasteiger partial charge in [-0.1, -0.05) is 21.1 Å². The van der Waals surface area contributed by atoms with E-state index in [-0.39, 0.29) is 10.7 Å². The summed E-state index contributed by atoms with van der Waals surface area (Å²) in [4.78, 5) is 0.212. The van der Waals surface area contributed by atoms with Crippen LogP contribution in [0.1, 0.15) is 5.56 Å². The van der Waals surface area contributed by atoms with E-state index in [0.717, 1.165) is 4.47 Å². The van der Waals surface area contributed by atoms with Crippen LogP contribution in [-0.4, -0.2) is 13.6 Å². The Balaban J connectivity index is 2.38. The van der Waals surface area contributed by atoms with Crippen LogP contribution in [0.3, 0.4) is 0 Å². The molecule has 0 saturated carbocycles. The molecule has 1 N–H and O–H groups in total. The highest BCUT2D eigenvalue weighted by atomic mass is 79.9. The summed E-state index contributed by atoms with van der Waals surface area (Å²) in [5, 5.41) is 3.50. The third kappa shape index (κ3) is 2.67. The number of hydrogen-bond donors (Lipinski definition) is 1. The number of hydrogen-bond acceptors (Lipinski definition) is 4. The highest BCUT2D eigenvalue weighted by Crippen LogP contribution is 2.21. The van der Waals surface area contributed by atoms with E-state index in [1.165, 1.54) is 18.4 Å². The van der Waals surface area contributed by atoms with Crippen LogP contribution in [-0.2, 0) is 10.0 Å². The van der Waals surface area contributed by atoms with Crippen molar-refractivity contribution in [3.63, 3.8) is 0 Å². The summed E-state index contributed by atoms with van der Waals surface area (Å²) in [5.74, 6) is 0.160. The summed E-state index contributed by atoms with van der Waals surface area (Å²) in [6, 6.07) is 6.37. The Hall–Kier alpha value is -1.34. The SMILES string of the molecule is Cc1cc(Br)ccc1S(=O)(=O)Nc1ccon1. The third-order valence-corrected chi connectivity index (χ3v) is 4.11. The first-order valence-electron chi connectivity index (χ1n) is 4.68. The van der Waals surface area contributed by atoms with Gasteiger partial charge in [-0.15, -0.1) is 0 Å². The maximum atomic E-state index is 12.0. The van der Waals surface area contributed by atoms with Crippen molar-refractivity contribution in [3.8, 4) is 0 Å². The summed E-state index contributed by atoms with van der Waals surface area (Å²) >= 11 is 3.28. The standard InChI is InChI=1S/C10H9BrN2O3S/c1-7-6-8(11)2-3-9(7)17(14,15)13-10-4-5-16-12-10/h2-6H,1H3,(H,12,13). The van der Waals surface area contributed by atoms with Crippen LogP contribution in [0, 0.1) is 6.92 Å². The first kappa shape index (κ1) is 12.1. The minimum Gasteiger partial charge on any atom is -0.363 e. The van der Waals surface area contributed by atoms with Gasteiger partial charge in [0, 0.05) is 10.5 Å². The lowest BCUT2D eigenvalue weighted by Crippen LogP contribution is -2.14. The maximum absolute atomic E-state index is 12.0. The molecule has 0 aliphatic carbocycles. The fourth-order valence-electron chi connectivity index (χ4n) is 1.37. The Morgan fingerprint density at radius 3 is 2.71 bits per heavy atom. The minimum atomic E-state index is -3.62. The van der Waals surface area contributed by atoms with Crippen molar-refractivity contribution in [2.24, 2.45) is 0 Å². The van der Waals surface area contributed by atoms with E-state index in [2.05, 4.69) is 30.3 Å². The molecule has 5 nitrogen and oxygen atoms in total. The topological polar surface area (TPSA) is 72.2 Å². The Kier molecular flexibility index (Phi) is 3.21. The lowest BCUT2D eigenvalue weighted by atomic mass is 10.2. The van der Waals surface area contributed by atoms with Gasteiger partial charge in [-0.25, -0.2) is 8.42 Å². The number of benzene rings is 1. The lowest BCUT2D eigenvalue weighted by molar-refractivity contribution is 0.423. The Morgan fingerprint density at radius 1 is 1.35 bits per heavy atom. The van der Waals surface area contributed by atoms with Gasteiger partial charge < -0.3 is 4.52 Å². The molecule has 7 heteroatoms. The number of sulfonamides is 1. The average molecular weight is 317 g/mol. The first-order valence-corrected chi connectivity index (χ1v) is 6.96. The Morgan fingerprint density at radius 2 is 2.12 bits per heavy atom. The summed E-state index contributed by atoms with van der Waals surface area (Å²) < 4.78 is 31.8. The molecule has 0 aliphatic heterocycles. The fraction of sp³-hybridized carbons (Fsp3) is 0.100. The quantitative estimate of drug-likeness (QED) is 0.944. The van der Waals surface area contributed by atoms with Gasteiger partial charge in [0.15, 0.2) is 5.82 Å². The summed E-state index contributed by atoms with van der Waals surface area (Å²) in [5.41, 5.74) is 0.648. The number of aromatic nitrogens is 1. The van der Waals surface area contributed by atoms with E-state index in [1.807, 2.05) is 0 Å². The lowest BCUT2D eigenvalue weighted by Gasteiger charge is -2.08. The summed E-state index contributed by atoms with van der Waals surface area (Å²) in [7, 11) is -3.62. The van der Waals surface area contributed by atoms with Crippen molar-refractivity contribution < 1.29 is 12.9 Å².